The maximum atomic E-state index is 13.8. The Morgan fingerprint density at radius 1 is 1.05 bits per heavy atom. The monoisotopic (exact) mass is 576 g/mol. The lowest BCUT2D eigenvalue weighted by Crippen LogP contribution is -2.43. The summed E-state index contributed by atoms with van der Waals surface area (Å²) in [5.74, 6) is -0.709. The average Bonchev–Trinajstić information content (AvgIpc) is 3.65. The summed E-state index contributed by atoms with van der Waals surface area (Å²) in [6, 6.07) is 7.80. The SMILES string of the molecule is COC(=O)c1sccc1Nc1nc(Nc2ccc(N3CCC(N4CCCC4)CC3)cc2OC)ncc1C(F)(F)F. The molecule has 40 heavy (non-hydrogen) atoms. The van der Waals surface area contributed by atoms with E-state index in [9.17, 15) is 18.0 Å². The van der Waals surface area contributed by atoms with Crippen molar-refractivity contribution < 1.29 is 27.4 Å². The van der Waals surface area contributed by atoms with E-state index in [0.29, 0.717) is 23.7 Å². The summed E-state index contributed by atoms with van der Waals surface area (Å²) in [6.07, 6.45) is 0.777. The lowest BCUT2D eigenvalue weighted by molar-refractivity contribution is -0.137. The third kappa shape index (κ3) is 6.09. The zero-order valence-corrected chi connectivity index (χ0v) is 23.1. The molecule has 2 saturated heterocycles. The molecule has 3 aromatic rings. The molecule has 13 heteroatoms. The van der Waals surface area contributed by atoms with Gasteiger partial charge < -0.3 is 29.9 Å². The highest BCUT2D eigenvalue weighted by atomic mass is 32.1. The fourth-order valence-corrected chi connectivity index (χ4v) is 5.99. The standard InChI is InChI=1S/C27H31F3N6O3S/c1-38-22-15-18(36-12-7-17(8-13-36)35-10-3-4-11-35)5-6-20(22)33-26-31-16-19(27(28,29)30)24(34-26)32-21-9-14-40-23(21)25(37)39-2/h5-6,9,14-17H,3-4,7-8,10-13H2,1-2H3,(H2,31,32,33,34). The van der Waals surface area contributed by atoms with Gasteiger partial charge >= 0.3 is 12.1 Å². The topological polar surface area (TPSA) is 91.8 Å². The predicted octanol–water partition coefficient (Wildman–Crippen LogP) is 5.90. The summed E-state index contributed by atoms with van der Waals surface area (Å²) < 4.78 is 51.6. The molecule has 0 saturated carbocycles. The van der Waals surface area contributed by atoms with Crippen molar-refractivity contribution in [1.29, 1.82) is 0 Å². The summed E-state index contributed by atoms with van der Waals surface area (Å²) in [5, 5.41) is 7.18. The van der Waals surface area contributed by atoms with Crippen LogP contribution in [0.2, 0.25) is 0 Å². The number of ether oxygens (including phenoxy) is 2. The lowest BCUT2D eigenvalue weighted by atomic mass is 10.0. The Morgan fingerprint density at radius 3 is 2.48 bits per heavy atom. The van der Waals surface area contributed by atoms with Gasteiger partial charge in [0.15, 0.2) is 0 Å². The Bertz CT molecular complexity index is 1340. The number of nitrogens with zero attached hydrogens (tertiary/aromatic N) is 4. The Balaban J connectivity index is 1.34. The van der Waals surface area contributed by atoms with E-state index < -0.39 is 23.5 Å². The number of likely N-dealkylation sites (tertiary alicyclic amines) is 1. The normalized spacial score (nSPS) is 16.7. The third-order valence-electron chi connectivity index (χ3n) is 7.30. The highest BCUT2D eigenvalue weighted by molar-refractivity contribution is 7.12. The largest absolute Gasteiger partial charge is 0.494 e. The number of hydrogen-bond donors (Lipinski definition) is 2. The molecule has 214 valence electrons. The number of thiophene rings is 1. The second-order valence-corrected chi connectivity index (χ2v) is 10.6. The van der Waals surface area contributed by atoms with Crippen molar-refractivity contribution in [3.05, 3.63) is 46.3 Å². The van der Waals surface area contributed by atoms with Crippen LogP contribution in [-0.4, -0.2) is 67.3 Å². The minimum Gasteiger partial charge on any atom is -0.494 e. The number of hydrogen-bond acceptors (Lipinski definition) is 10. The zero-order valence-electron chi connectivity index (χ0n) is 22.3. The van der Waals surface area contributed by atoms with Crippen LogP contribution in [0.3, 0.4) is 0 Å². The van der Waals surface area contributed by atoms with Gasteiger partial charge in [0.1, 0.15) is 22.0 Å². The van der Waals surface area contributed by atoms with Crippen LogP contribution in [0, 0.1) is 0 Å². The van der Waals surface area contributed by atoms with E-state index in [1.165, 1.54) is 46.2 Å². The number of piperidine rings is 1. The average molecular weight is 577 g/mol. The molecule has 2 aromatic heterocycles. The molecule has 0 unspecified atom stereocenters. The maximum Gasteiger partial charge on any atom is 0.421 e. The minimum absolute atomic E-state index is 0.0668. The molecule has 9 nitrogen and oxygen atoms in total. The molecular weight excluding hydrogens is 545 g/mol. The van der Waals surface area contributed by atoms with Gasteiger partial charge in [-0.3, -0.25) is 0 Å². The van der Waals surface area contributed by atoms with E-state index in [1.54, 1.807) is 5.38 Å². The summed E-state index contributed by atoms with van der Waals surface area (Å²) in [7, 11) is 2.74. The summed E-state index contributed by atoms with van der Waals surface area (Å²) in [4.78, 5) is 25.1. The zero-order chi connectivity index (χ0) is 28.3. The van der Waals surface area contributed by atoms with Crippen molar-refractivity contribution in [3.8, 4) is 5.75 Å². The van der Waals surface area contributed by atoms with E-state index in [1.807, 2.05) is 18.2 Å². The number of benzene rings is 1. The molecule has 2 aliphatic heterocycles. The van der Waals surface area contributed by atoms with E-state index in [4.69, 9.17) is 9.47 Å². The quantitative estimate of drug-likeness (QED) is 0.318. The Kier molecular flexibility index (Phi) is 8.31. The van der Waals surface area contributed by atoms with E-state index in [0.717, 1.165) is 43.0 Å². The molecule has 2 aliphatic rings. The lowest BCUT2D eigenvalue weighted by Gasteiger charge is -2.38. The molecule has 0 bridgehead atoms. The Labute approximate surface area is 234 Å². The van der Waals surface area contributed by atoms with Crippen LogP contribution >= 0.6 is 11.3 Å². The first-order valence-electron chi connectivity index (χ1n) is 13.1. The van der Waals surface area contributed by atoms with E-state index in [-0.39, 0.29) is 16.5 Å². The number of esters is 1. The number of alkyl halides is 3. The smallest absolute Gasteiger partial charge is 0.421 e. The van der Waals surface area contributed by atoms with E-state index in [2.05, 4.69) is 30.4 Å². The highest BCUT2D eigenvalue weighted by Gasteiger charge is 2.36. The van der Waals surface area contributed by atoms with Crippen molar-refractivity contribution in [2.45, 2.75) is 37.9 Å². The van der Waals surface area contributed by atoms with Gasteiger partial charge in [-0.25, -0.2) is 9.78 Å². The molecule has 1 aromatic carbocycles. The molecule has 0 aliphatic carbocycles. The van der Waals surface area contributed by atoms with Crippen LogP contribution in [0.1, 0.15) is 40.9 Å². The number of methoxy groups -OCH3 is 2. The summed E-state index contributed by atoms with van der Waals surface area (Å²) >= 11 is 1.05. The number of carbonyl (C=O) groups is 1. The molecule has 2 fully saturated rings. The first-order chi connectivity index (χ1) is 19.3. The number of rotatable bonds is 8. The van der Waals surface area contributed by atoms with Crippen molar-refractivity contribution in [1.82, 2.24) is 14.9 Å². The molecule has 0 spiro atoms. The van der Waals surface area contributed by atoms with Gasteiger partial charge in [-0.2, -0.15) is 18.2 Å². The van der Waals surface area contributed by atoms with Gasteiger partial charge in [0, 0.05) is 37.1 Å². The van der Waals surface area contributed by atoms with Gasteiger partial charge in [-0.1, -0.05) is 0 Å². The minimum atomic E-state index is -4.72. The number of nitrogens with one attached hydrogen (secondary N) is 2. The second kappa shape index (κ2) is 11.9. The van der Waals surface area contributed by atoms with Gasteiger partial charge in [0.2, 0.25) is 5.95 Å². The first-order valence-corrected chi connectivity index (χ1v) is 14.0. The van der Waals surface area contributed by atoms with Crippen LogP contribution in [0.4, 0.5) is 42.0 Å². The van der Waals surface area contributed by atoms with Gasteiger partial charge in [-0.05, 0) is 62.4 Å². The summed E-state index contributed by atoms with van der Waals surface area (Å²) in [5.41, 5.74) is 0.614. The van der Waals surface area contributed by atoms with Crippen molar-refractivity contribution in [2.24, 2.45) is 0 Å². The maximum absolute atomic E-state index is 13.8. The predicted molar refractivity (Wildman–Crippen MR) is 148 cm³/mol. The van der Waals surface area contributed by atoms with Crippen LogP contribution in [-0.2, 0) is 10.9 Å². The first kappa shape index (κ1) is 28.0. The molecular formula is C27H31F3N6O3S. The highest BCUT2D eigenvalue weighted by Crippen LogP contribution is 2.38. The third-order valence-corrected chi connectivity index (χ3v) is 8.20. The van der Waals surface area contributed by atoms with Gasteiger partial charge in [0.05, 0.1) is 25.6 Å². The molecule has 4 heterocycles. The van der Waals surface area contributed by atoms with Crippen LogP contribution < -0.4 is 20.3 Å². The molecule has 0 radical (unpaired) electrons. The number of anilines is 5. The second-order valence-electron chi connectivity index (χ2n) is 9.70. The fraction of sp³-hybridized carbons (Fsp3) is 0.444. The molecule has 0 atom stereocenters. The van der Waals surface area contributed by atoms with E-state index >= 15 is 0 Å². The Hall–Kier alpha value is -3.58. The number of carbonyl (C=O) groups excluding carboxylic acids is 1. The van der Waals surface area contributed by atoms with Crippen LogP contribution in [0.25, 0.3) is 0 Å². The number of aromatic nitrogens is 2. The van der Waals surface area contributed by atoms with Gasteiger partial charge in [-0.15, -0.1) is 11.3 Å². The summed E-state index contributed by atoms with van der Waals surface area (Å²) in [6.45, 7) is 4.29. The molecule has 2 N–H and O–H groups in total. The van der Waals surface area contributed by atoms with Crippen LogP contribution in [0.15, 0.2) is 35.8 Å². The molecule has 0 amide bonds. The van der Waals surface area contributed by atoms with Crippen molar-refractivity contribution >= 4 is 46.1 Å². The van der Waals surface area contributed by atoms with Crippen molar-refractivity contribution in [3.63, 3.8) is 0 Å². The number of halogens is 3. The van der Waals surface area contributed by atoms with Crippen molar-refractivity contribution in [2.75, 3.05) is 55.9 Å². The van der Waals surface area contributed by atoms with Crippen LogP contribution in [0.5, 0.6) is 5.75 Å². The Morgan fingerprint density at radius 2 is 1.80 bits per heavy atom. The van der Waals surface area contributed by atoms with Gasteiger partial charge in [0.25, 0.3) is 0 Å². The fourth-order valence-electron chi connectivity index (χ4n) is 5.23. The molecule has 5 rings (SSSR count).